The molecule has 0 amide bonds. The lowest BCUT2D eigenvalue weighted by Gasteiger charge is -2.19. The highest BCUT2D eigenvalue weighted by Gasteiger charge is 2.13. The fourth-order valence-electron chi connectivity index (χ4n) is 2.57. The SMILES string of the molecule is CC(C)(C)c1ccc(OCC(O)COc2cccc(Oc3ccncn3)c2)cc1. The molecule has 6 heteroatoms. The van der Waals surface area contributed by atoms with Crippen LogP contribution >= 0.6 is 0 Å². The number of aliphatic hydroxyl groups is 1. The van der Waals surface area contributed by atoms with Crippen LogP contribution in [-0.4, -0.2) is 34.4 Å². The minimum atomic E-state index is -0.760. The fraction of sp³-hybridized carbons (Fsp3) is 0.304. The molecule has 29 heavy (non-hydrogen) atoms. The van der Waals surface area contributed by atoms with Gasteiger partial charge in [0, 0.05) is 18.3 Å². The molecule has 2 aromatic carbocycles. The maximum absolute atomic E-state index is 10.2. The minimum absolute atomic E-state index is 0.0948. The van der Waals surface area contributed by atoms with Crippen LogP contribution in [-0.2, 0) is 5.41 Å². The van der Waals surface area contributed by atoms with Crippen LogP contribution in [0.4, 0.5) is 0 Å². The Balaban J connectivity index is 1.47. The number of aromatic nitrogens is 2. The van der Waals surface area contributed by atoms with E-state index in [2.05, 4.69) is 30.7 Å². The number of ether oxygens (including phenoxy) is 3. The van der Waals surface area contributed by atoms with Crippen LogP contribution in [0.2, 0.25) is 0 Å². The molecule has 0 aliphatic heterocycles. The van der Waals surface area contributed by atoms with Gasteiger partial charge >= 0.3 is 0 Å². The maximum Gasteiger partial charge on any atom is 0.222 e. The van der Waals surface area contributed by atoms with Gasteiger partial charge < -0.3 is 19.3 Å². The topological polar surface area (TPSA) is 73.7 Å². The Morgan fingerprint density at radius 1 is 0.897 bits per heavy atom. The van der Waals surface area contributed by atoms with Crippen LogP contribution in [0, 0.1) is 0 Å². The molecule has 0 spiro atoms. The summed E-state index contributed by atoms with van der Waals surface area (Å²) in [5.41, 5.74) is 1.33. The van der Waals surface area contributed by atoms with E-state index in [0.717, 1.165) is 5.75 Å². The first kappa shape index (κ1) is 20.6. The fourth-order valence-corrected chi connectivity index (χ4v) is 2.57. The number of hydrogen-bond acceptors (Lipinski definition) is 6. The summed E-state index contributed by atoms with van der Waals surface area (Å²) in [6, 6.07) is 16.7. The van der Waals surface area contributed by atoms with Crippen molar-refractivity contribution in [3.05, 3.63) is 72.7 Å². The normalized spacial score (nSPS) is 12.3. The van der Waals surface area contributed by atoms with Crippen molar-refractivity contribution >= 4 is 0 Å². The maximum atomic E-state index is 10.2. The van der Waals surface area contributed by atoms with Crippen LogP contribution in [0.3, 0.4) is 0 Å². The lowest BCUT2D eigenvalue weighted by molar-refractivity contribution is 0.0626. The molecule has 3 aromatic rings. The number of nitrogens with zero attached hydrogens (tertiary/aromatic N) is 2. The predicted octanol–water partition coefficient (Wildman–Crippen LogP) is 4.39. The van der Waals surface area contributed by atoms with Gasteiger partial charge in [0.2, 0.25) is 5.88 Å². The second kappa shape index (κ2) is 9.39. The van der Waals surface area contributed by atoms with E-state index >= 15 is 0 Å². The molecule has 0 saturated heterocycles. The molecule has 152 valence electrons. The Morgan fingerprint density at radius 2 is 1.59 bits per heavy atom. The van der Waals surface area contributed by atoms with Gasteiger partial charge in [0.05, 0.1) is 0 Å². The summed E-state index contributed by atoms with van der Waals surface area (Å²) in [5.74, 6) is 2.34. The number of benzene rings is 2. The van der Waals surface area contributed by atoms with Crippen LogP contribution in [0.15, 0.2) is 67.1 Å². The van der Waals surface area contributed by atoms with Crippen molar-refractivity contribution in [2.45, 2.75) is 32.3 Å². The van der Waals surface area contributed by atoms with E-state index in [1.54, 1.807) is 30.5 Å². The quantitative estimate of drug-likeness (QED) is 0.611. The predicted molar refractivity (Wildman–Crippen MR) is 111 cm³/mol. The van der Waals surface area contributed by atoms with Gasteiger partial charge in [-0.15, -0.1) is 0 Å². The zero-order chi connectivity index (χ0) is 20.7. The van der Waals surface area contributed by atoms with Gasteiger partial charge in [0.15, 0.2) is 0 Å². The van der Waals surface area contributed by atoms with E-state index in [9.17, 15) is 5.11 Å². The Morgan fingerprint density at radius 3 is 2.24 bits per heavy atom. The number of hydrogen-bond donors (Lipinski definition) is 1. The molecule has 0 aliphatic carbocycles. The lowest BCUT2D eigenvalue weighted by atomic mass is 9.87. The molecular formula is C23H26N2O4. The van der Waals surface area contributed by atoms with Crippen molar-refractivity contribution in [1.29, 1.82) is 0 Å². The average Bonchev–Trinajstić information content (AvgIpc) is 2.71. The van der Waals surface area contributed by atoms with Gasteiger partial charge in [0.1, 0.15) is 42.9 Å². The summed E-state index contributed by atoms with van der Waals surface area (Å²) in [6.45, 7) is 6.75. The summed E-state index contributed by atoms with van der Waals surface area (Å²) >= 11 is 0. The molecular weight excluding hydrogens is 368 g/mol. The number of rotatable bonds is 8. The monoisotopic (exact) mass is 394 g/mol. The molecule has 1 aromatic heterocycles. The summed E-state index contributed by atoms with van der Waals surface area (Å²) in [5, 5.41) is 10.2. The van der Waals surface area contributed by atoms with Crippen molar-refractivity contribution in [2.24, 2.45) is 0 Å². The molecule has 1 heterocycles. The first-order chi connectivity index (χ1) is 13.9. The highest BCUT2D eigenvalue weighted by Crippen LogP contribution is 2.25. The summed E-state index contributed by atoms with van der Waals surface area (Å²) < 4.78 is 17.0. The van der Waals surface area contributed by atoms with Crippen molar-refractivity contribution in [1.82, 2.24) is 9.97 Å². The van der Waals surface area contributed by atoms with E-state index in [0.29, 0.717) is 17.4 Å². The summed E-state index contributed by atoms with van der Waals surface area (Å²) in [6.07, 6.45) is 2.27. The van der Waals surface area contributed by atoms with Crippen molar-refractivity contribution in [3.63, 3.8) is 0 Å². The third-order valence-corrected chi connectivity index (χ3v) is 4.19. The lowest BCUT2D eigenvalue weighted by Crippen LogP contribution is -2.25. The molecule has 0 bridgehead atoms. The Hall–Kier alpha value is -3.12. The van der Waals surface area contributed by atoms with Crippen molar-refractivity contribution in [3.8, 4) is 23.1 Å². The molecule has 0 radical (unpaired) electrons. The highest BCUT2D eigenvalue weighted by molar-refractivity contribution is 5.35. The average molecular weight is 394 g/mol. The molecule has 6 nitrogen and oxygen atoms in total. The van der Waals surface area contributed by atoms with Crippen LogP contribution in [0.1, 0.15) is 26.3 Å². The van der Waals surface area contributed by atoms with E-state index in [1.807, 2.05) is 30.3 Å². The van der Waals surface area contributed by atoms with Crippen molar-refractivity contribution < 1.29 is 19.3 Å². The first-order valence-electron chi connectivity index (χ1n) is 9.48. The van der Waals surface area contributed by atoms with Gasteiger partial charge in [-0.05, 0) is 35.2 Å². The summed E-state index contributed by atoms with van der Waals surface area (Å²) in [4.78, 5) is 7.87. The van der Waals surface area contributed by atoms with Crippen LogP contribution in [0.5, 0.6) is 23.1 Å². The van der Waals surface area contributed by atoms with Crippen molar-refractivity contribution in [2.75, 3.05) is 13.2 Å². The zero-order valence-electron chi connectivity index (χ0n) is 16.9. The van der Waals surface area contributed by atoms with E-state index in [1.165, 1.54) is 11.9 Å². The van der Waals surface area contributed by atoms with E-state index < -0.39 is 6.10 Å². The molecule has 1 N–H and O–H groups in total. The third-order valence-electron chi connectivity index (χ3n) is 4.19. The van der Waals surface area contributed by atoms with Gasteiger partial charge in [-0.3, -0.25) is 0 Å². The third kappa shape index (κ3) is 6.47. The standard InChI is InChI=1S/C23H26N2O4/c1-23(2,3)17-7-9-19(10-8-17)27-14-18(26)15-28-20-5-4-6-21(13-20)29-22-11-12-24-16-25-22/h4-13,16,18,26H,14-15H2,1-3H3. The largest absolute Gasteiger partial charge is 0.491 e. The van der Waals surface area contributed by atoms with Gasteiger partial charge in [-0.25, -0.2) is 9.97 Å². The zero-order valence-corrected chi connectivity index (χ0v) is 16.9. The number of aliphatic hydroxyl groups excluding tert-OH is 1. The highest BCUT2D eigenvalue weighted by atomic mass is 16.5. The van der Waals surface area contributed by atoms with Crippen LogP contribution in [0.25, 0.3) is 0 Å². The van der Waals surface area contributed by atoms with Gasteiger partial charge in [0.25, 0.3) is 0 Å². The second-order valence-corrected chi connectivity index (χ2v) is 7.67. The Kier molecular flexibility index (Phi) is 6.67. The van der Waals surface area contributed by atoms with E-state index in [4.69, 9.17) is 14.2 Å². The Bertz CT molecular complexity index is 893. The minimum Gasteiger partial charge on any atom is -0.491 e. The van der Waals surface area contributed by atoms with E-state index in [-0.39, 0.29) is 18.6 Å². The molecule has 0 fully saturated rings. The molecule has 1 atom stereocenters. The Labute approximate surface area is 171 Å². The van der Waals surface area contributed by atoms with Gasteiger partial charge in [-0.1, -0.05) is 39.0 Å². The second-order valence-electron chi connectivity index (χ2n) is 7.67. The molecule has 3 rings (SSSR count). The smallest absolute Gasteiger partial charge is 0.222 e. The molecule has 0 aliphatic rings. The van der Waals surface area contributed by atoms with Crippen LogP contribution < -0.4 is 14.2 Å². The molecule has 1 unspecified atom stereocenters. The summed E-state index contributed by atoms with van der Waals surface area (Å²) in [7, 11) is 0. The molecule has 0 saturated carbocycles. The first-order valence-corrected chi connectivity index (χ1v) is 9.48. The van der Waals surface area contributed by atoms with Gasteiger partial charge in [-0.2, -0.15) is 0 Å².